The molecule has 0 radical (unpaired) electrons. The number of rotatable bonds is 2. The Balaban J connectivity index is 2.06. The highest BCUT2D eigenvalue weighted by Crippen LogP contribution is 2.36. The van der Waals surface area contributed by atoms with Crippen molar-refractivity contribution in [2.24, 2.45) is 0 Å². The third-order valence-corrected chi connectivity index (χ3v) is 5.94. The summed E-state index contributed by atoms with van der Waals surface area (Å²) >= 11 is 0. The van der Waals surface area contributed by atoms with Crippen LogP contribution in [0.1, 0.15) is 31.2 Å². The van der Waals surface area contributed by atoms with E-state index in [2.05, 4.69) is 0 Å². The summed E-state index contributed by atoms with van der Waals surface area (Å²) in [4.78, 5) is 0.784. The quantitative estimate of drug-likeness (QED) is 0.888. The van der Waals surface area contributed by atoms with Crippen LogP contribution in [0.25, 0.3) is 10.8 Å². The van der Waals surface area contributed by atoms with E-state index in [0.717, 1.165) is 36.0 Å². The molecule has 20 heavy (non-hydrogen) atoms. The van der Waals surface area contributed by atoms with Crippen molar-refractivity contribution >= 4 is 21.6 Å². The number of benzene rings is 2. The van der Waals surface area contributed by atoms with E-state index in [-0.39, 0.29) is 16.7 Å². The molecule has 0 amide bonds. The lowest BCUT2D eigenvalue weighted by Gasteiger charge is -2.11. The summed E-state index contributed by atoms with van der Waals surface area (Å²) in [7, 11) is -0.997. The van der Waals surface area contributed by atoms with Gasteiger partial charge in [0.15, 0.2) is 0 Å². The first-order chi connectivity index (χ1) is 9.58. The van der Waals surface area contributed by atoms with E-state index in [1.165, 1.54) is 0 Å². The average molecular weight is 290 g/mol. The molecule has 1 fully saturated rings. The summed E-state index contributed by atoms with van der Waals surface area (Å²) in [6.45, 7) is 1.68. The van der Waals surface area contributed by atoms with E-state index >= 15 is 0 Å². The first-order valence-corrected chi connectivity index (χ1v) is 8.15. The zero-order valence-electron chi connectivity index (χ0n) is 11.4. The molecule has 2 N–H and O–H groups in total. The van der Waals surface area contributed by atoms with Crippen LogP contribution in [0.4, 0.5) is 0 Å². The minimum Gasteiger partial charge on any atom is -0.508 e. The van der Waals surface area contributed by atoms with Crippen LogP contribution in [-0.4, -0.2) is 19.7 Å². The molecule has 0 bridgehead atoms. The van der Waals surface area contributed by atoms with Crippen molar-refractivity contribution in [2.45, 2.75) is 42.8 Å². The van der Waals surface area contributed by atoms with Crippen molar-refractivity contribution in [3.8, 4) is 11.5 Å². The molecule has 106 valence electrons. The van der Waals surface area contributed by atoms with Crippen LogP contribution < -0.4 is 0 Å². The molecule has 2 aromatic rings. The highest BCUT2D eigenvalue weighted by molar-refractivity contribution is 7.85. The number of aromatic hydroxyl groups is 2. The zero-order valence-corrected chi connectivity index (χ0v) is 12.2. The van der Waals surface area contributed by atoms with E-state index in [1.54, 1.807) is 19.1 Å². The molecule has 0 aromatic heterocycles. The predicted octanol–water partition coefficient (Wildman–Crippen LogP) is 3.61. The van der Waals surface area contributed by atoms with Gasteiger partial charge in [-0.1, -0.05) is 12.8 Å². The van der Waals surface area contributed by atoms with Gasteiger partial charge >= 0.3 is 0 Å². The summed E-state index contributed by atoms with van der Waals surface area (Å²) < 4.78 is 12.5. The molecule has 0 spiro atoms. The van der Waals surface area contributed by atoms with Gasteiger partial charge in [0.2, 0.25) is 0 Å². The molecular formula is C16H18O3S. The SMILES string of the molecule is Cc1c(O)cc2cc(S(=O)C3CCCC3)ccc2c1O. The molecule has 3 nitrogen and oxygen atoms in total. The topological polar surface area (TPSA) is 57.5 Å². The van der Waals surface area contributed by atoms with Crippen LogP contribution in [-0.2, 0) is 10.8 Å². The summed E-state index contributed by atoms with van der Waals surface area (Å²) in [5.41, 5.74) is 0.474. The van der Waals surface area contributed by atoms with Crippen molar-refractivity contribution in [3.63, 3.8) is 0 Å². The molecule has 1 atom stereocenters. The Hall–Kier alpha value is -1.55. The number of phenols is 2. The Morgan fingerprint density at radius 1 is 1.15 bits per heavy atom. The monoisotopic (exact) mass is 290 g/mol. The van der Waals surface area contributed by atoms with E-state index in [9.17, 15) is 14.4 Å². The first-order valence-electron chi connectivity index (χ1n) is 6.94. The second kappa shape index (κ2) is 5.09. The Morgan fingerprint density at radius 2 is 1.85 bits per heavy atom. The number of fused-ring (bicyclic) bond motifs is 1. The van der Waals surface area contributed by atoms with Crippen molar-refractivity contribution in [3.05, 3.63) is 29.8 Å². The number of hydrogen-bond donors (Lipinski definition) is 2. The molecule has 1 saturated carbocycles. The van der Waals surface area contributed by atoms with Gasteiger partial charge in [-0.05, 0) is 49.4 Å². The highest BCUT2D eigenvalue weighted by atomic mass is 32.2. The van der Waals surface area contributed by atoms with Crippen molar-refractivity contribution in [1.29, 1.82) is 0 Å². The molecule has 0 aliphatic heterocycles. The Labute approximate surface area is 120 Å². The molecule has 0 saturated heterocycles. The van der Waals surface area contributed by atoms with Crippen molar-refractivity contribution < 1.29 is 14.4 Å². The standard InChI is InChI=1S/C16H18O3S/c1-10-15(17)9-11-8-13(6-7-14(11)16(10)18)20(19)12-4-2-3-5-12/h6-9,12,17-18H,2-5H2,1H3. The second-order valence-electron chi connectivity index (χ2n) is 5.46. The fourth-order valence-corrected chi connectivity index (χ4v) is 4.47. The predicted molar refractivity (Wildman–Crippen MR) is 80.7 cm³/mol. The molecule has 1 aliphatic carbocycles. The number of phenolic OH excluding ortho intramolecular Hbond substituents is 2. The minimum atomic E-state index is -0.997. The first kappa shape index (κ1) is 13.4. The van der Waals surface area contributed by atoms with Crippen LogP contribution in [0.15, 0.2) is 29.2 Å². The van der Waals surface area contributed by atoms with E-state index in [0.29, 0.717) is 10.9 Å². The smallest absolute Gasteiger partial charge is 0.129 e. The largest absolute Gasteiger partial charge is 0.508 e. The minimum absolute atomic E-state index is 0.0683. The summed E-state index contributed by atoms with van der Waals surface area (Å²) in [5, 5.41) is 21.5. The van der Waals surface area contributed by atoms with Gasteiger partial charge in [0.25, 0.3) is 0 Å². The van der Waals surface area contributed by atoms with Crippen LogP contribution in [0, 0.1) is 6.92 Å². The van der Waals surface area contributed by atoms with E-state index in [4.69, 9.17) is 0 Å². The maximum atomic E-state index is 12.5. The third-order valence-electron chi connectivity index (χ3n) is 4.15. The van der Waals surface area contributed by atoms with Gasteiger partial charge in [0.1, 0.15) is 11.5 Å². The normalized spacial score (nSPS) is 17.6. The molecule has 2 aromatic carbocycles. The maximum absolute atomic E-state index is 12.5. The molecular weight excluding hydrogens is 272 g/mol. The van der Waals surface area contributed by atoms with E-state index < -0.39 is 10.8 Å². The maximum Gasteiger partial charge on any atom is 0.129 e. The average Bonchev–Trinajstić information content (AvgIpc) is 2.97. The molecule has 1 aliphatic rings. The lowest BCUT2D eigenvalue weighted by molar-refractivity contribution is 0.448. The van der Waals surface area contributed by atoms with Gasteiger partial charge < -0.3 is 10.2 Å². The van der Waals surface area contributed by atoms with Gasteiger partial charge in [-0.2, -0.15) is 0 Å². The van der Waals surface area contributed by atoms with Gasteiger partial charge in [0, 0.05) is 21.1 Å². The molecule has 4 heteroatoms. The van der Waals surface area contributed by atoms with Crippen LogP contribution in [0.3, 0.4) is 0 Å². The third kappa shape index (κ3) is 2.18. The Kier molecular flexibility index (Phi) is 3.42. The summed E-state index contributed by atoms with van der Waals surface area (Å²) in [6, 6.07) is 7.06. The van der Waals surface area contributed by atoms with Crippen LogP contribution in [0.2, 0.25) is 0 Å². The fraction of sp³-hybridized carbons (Fsp3) is 0.375. The van der Waals surface area contributed by atoms with E-state index in [1.807, 2.05) is 12.1 Å². The van der Waals surface area contributed by atoms with Gasteiger partial charge in [-0.3, -0.25) is 4.21 Å². The Bertz CT molecular complexity index is 688. The fourth-order valence-electron chi connectivity index (χ4n) is 2.87. The zero-order chi connectivity index (χ0) is 14.3. The molecule has 1 unspecified atom stereocenters. The van der Waals surface area contributed by atoms with Crippen LogP contribution in [0.5, 0.6) is 11.5 Å². The van der Waals surface area contributed by atoms with Crippen molar-refractivity contribution in [2.75, 3.05) is 0 Å². The molecule has 3 rings (SSSR count). The van der Waals surface area contributed by atoms with Gasteiger partial charge in [-0.15, -0.1) is 0 Å². The summed E-state index contributed by atoms with van der Waals surface area (Å²) in [6.07, 6.45) is 4.36. The lowest BCUT2D eigenvalue weighted by Crippen LogP contribution is -2.10. The lowest BCUT2D eigenvalue weighted by atomic mass is 10.1. The number of hydrogen-bond acceptors (Lipinski definition) is 3. The Morgan fingerprint density at radius 3 is 2.55 bits per heavy atom. The highest BCUT2D eigenvalue weighted by Gasteiger charge is 2.23. The molecule has 0 heterocycles. The summed E-state index contributed by atoms with van der Waals surface area (Å²) in [5.74, 6) is 0.164. The second-order valence-corrected chi connectivity index (χ2v) is 7.19. The van der Waals surface area contributed by atoms with Crippen molar-refractivity contribution in [1.82, 2.24) is 0 Å². The van der Waals surface area contributed by atoms with Gasteiger partial charge in [-0.25, -0.2) is 0 Å². The van der Waals surface area contributed by atoms with Gasteiger partial charge in [0.05, 0.1) is 10.8 Å². The van der Waals surface area contributed by atoms with Crippen LogP contribution >= 0.6 is 0 Å².